The fraction of sp³-hybridized carbons (Fsp3) is 0.500. The number of nitriles is 1. The highest BCUT2D eigenvalue weighted by Gasteiger charge is 2.21. The van der Waals surface area contributed by atoms with Gasteiger partial charge in [0, 0.05) is 0 Å². The van der Waals surface area contributed by atoms with E-state index in [0.29, 0.717) is 0 Å². The van der Waals surface area contributed by atoms with Gasteiger partial charge in [0.25, 0.3) is 0 Å². The van der Waals surface area contributed by atoms with E-state index in [-0.39, 0.29) is 11.1 Å². The molecule has 18 heavy (non-hydrogen) atoms. The van der Waals surface area contributed by atoms with Crippen LogP contribution in [0.1, 0.15) is 37.3 Å². The minimum atomic E-state index is -0.437. The Hall–Kier alpha value is -1.11. The van der Waals surface area contributed by atoms with Crippen molar-refractivity contribution in [1.82, 2.24) is 4.90 Å². The average Bonchev–Trinajstić information content (AvgIpc) is 2.64. The van der Waals surface area contributed by atoms with Gasteiger partial charge >= 0.3 is 0 Å². The molecule has 0 spiro atoms. The van der Waals surface area contributed by atoms with Gasteiger partial charge in [0.2, 0.25) is 0 Å². The summed E-state index contributed by atoms with van der Waals surface area (Å²) in [4.78, 5) is 2.16. The van der Waals surface area contributed by atoms with Crippen LogP contribution in [0.15, 0.2) is 18.2 Å². The third-order valence-electron chi connectivity index (χ3n) is 3.39. The van der Waals surface area contributed by atoms with Crippen LogP contribution in [-0.2, 0) is 0 Å². The van der Waals surface area contributed by atoms with Crippen molar-refractivity contribution in [3.63, 3.8) is 0 Å². The summed E-state index contributed by atoms with van der Waals surface area (Å²) in [6.45, 7) is 1.85. The molecule has 1 aliphatic heterocycles. The smallest absolute Gasteiger partial charge is 0.141 e. The molecule has 0 bridgehead atoms. The maximum absolute atomic E-state index is 13.1. The van der Waals surface area contributed by atoms with Crippen molar-refractivity contribution < 1.29 is 4.39 Å². The topological polar surface area (TPSA) is 27.0 Å². The van der Waals surface area contributed by atoms with Gasteiger partial charge < -0.3 is 0 Å². The van der Waals surface area contributed by atoms with Crippen molar-refractivity contribution in [2.45, 2.75) is 31.7 Å². The predicted octanol–water partition coefficient (Wildman–Crippen LogP) is 3.92. The van der Waals surface area contributed by atoms with Gasteiger partial charge in [-0.3, -0.25) is 4.90 Å². The summed E-state index contributed by atoms with van der Waals surface area (Å²) in [5.41, 5.74) is 0.783. The standard InChI is InChI=1S/C14H16ClFN2/c15-12-9-11(5-6-13(12)16)14(10-17)18-7-3-1-2-4-8-18/h5-6,9,14H,1-4,7-8H2. The molecule has 0 N–H and O–H groups in total. The normalized spacial score (nSPS) is 18.9. The van der Waals surface area contributed by atoms with E-state index >= 15 is 0 Å². The van der Waals surface area contributed by atoms with Crippen molar-refractivity contribution in [2.75, 3.05) is 13.1 Å². The molecule has 1 aromatic carbocycles. The summed E-state index contributed by atoms with van der Waals surface area (Å²) in [5.74, 6) is -0.437. The average molecular weight is 267 g/mol. The molecule has 0 amide bonds. The highest BCUT2D eigenvalue weighted by molar-refractivity contribution is 6.30. The quantitative estimate of drug-likeness (QED) is 0.811. The molecule has 2 nitrogen and oxygen atoms in total. The van der Waals surface area contributed by atoms with E-state index in [0.717, 1.165) is 31.5 Å². The third kappa shape index (κ3) is 3.01. The van der Waals surface area contributed by atoms with E-state index in [1.807, 2.05) is 0 Å². The highest BCUT2D eigenvalue weighted by Crippen LogP contribution is 2.26. The van der Waals surface area contributed by atoms with Gasteiger partial charge in [0.15, 0.2) is 0 Å². The number of rotatable bonds is 2. The summed E-state index contributed by atoms with van der Waals surface area (Å²) in [6, 6.07) is 6.54. The lowest BCUT2D eigenvalue weighted by Gasteiger charge is -2.25. The maximum Gasteiger partial charge on any atom is 0.141 e. The molecule has 0 aromatic heterocycles. The molecular formula is C14H16ClFN2. The second-order valence-corrected chi connectivity index (χ2v) is 5.06. The molecule has 2 rings (SSSR count). The number of likely N-dealkylation sites (tertiary alicyclic amines) is 1. The summed E-state index contributed by atoms with van der Waals surface area (Å²) < 4.78 is 13.1. The first-order valence-electron chi connectivity index (χ1n) is 6.31. The van der Waals surface area contributed by atoms with E-state index in [9.17, 15) is 9.65 Å². The van der Waals surface area contributed by atoms with Crippen LogP contribution in [-0.4, -0.2) is 18.0 Å². The largest absolute Gasteiger partial charge is 0.284 e. The lowest BCUT2D eigenvalue weighted by atomic mass is 10.1. The van der Waals surface area contributed by atoms with Gasteiger partial charge in [-0.25, -0.2) is 4.39 Å². The Labute approximate surface area is 112 Å². The van der Waals surface area contributed by atoms with Crippen LogP contribution in [0.5, 0.6) is 0 Å². The summed E-state index contributed by atoms with van der Waals surface area (Å²) >= 11 is 5.78. The van der Waals surface area contributed by atoms with Gasteiger partial charge in [-0.15, -0.1) is 0 Å². The van der Waals surface area contributed by atoms with Crippen LogP contribution in [0.2, 0.25) is 5.02 Å². The lowest BCUT2D eigenvalue weighted by Crippen LogP contribution is -2.28. The lowest BCUT2D eigenvalue weighted by molar-refractivity contribution is 0.245. The number of hydrogen-bond donors (Lipinski definition) is 0. The molecule has 4 heteroatoms. The molecule has 0 aliphatic carbocycles. The van der Waals surface area contributed by atoms with Gasteiger partial charge in [-0.1, -0.05) is 30.5 Å². The number of hydrogen-bond acceptors (Lipinski definition) is 2. The van der Waals surface area contributed by atoms with Crippen LogP contribution < -0.4 is 0 Å². The van der Waals surface area contributed by atoms with Crippen molar-refractivity contribution in [3.05, 3.63) is 34.6 Å². The van der Waals surface area contributed by atoms with Crippen molar-refractivity contribution >= 4 is 11.6 Å². The molecule has 1 aliphatic rings. The second-order valence-electron chi connectivity index (χ2n) is 4.66. The summed E-state index contributed by atoms with van der Waals surface area (Å²) in [7, 11) is 0. The Morgan fingerprint density at radius 2 is 1.89 bits per heavy atom. The first kappa shape index (κ1) is 13.3. The van der Waals surface area contributed by atoms with E-state index in [2.05, 4.69) is 11.0 Å². The Bertz CT molecular complexity index is 448. The van der Waals surface area contributed by atoms with Crippen molar-refractivity contribution in [1.29, 1.82) is 5.26 Å². The zero-order chi connectivity index (χ0) is 13.0. The predicted molar refractivity (Wildman–Crippen MR) is 69.8 cm³/mol. The molecule has 1 unspecified atom stereocenters. The van der Waals surface area contributed by atoms with Crippen LogP contribution in [0.3, 0.4) is 0 Å². The minimum absolute atomic E-state index is 0.0857. The molecule has 1 fully saturated rings. The molecule has 96 valence electrons. The number of benzene rings is 1. The Morgan fingerprint density at radius 1 is 1.22 bits per heavy atom. The molecule has 1 aromatic rings. The Kier molecular flexibility index (Phi) is 4.57. The van der Waals surface area contributed by atoms with E-state index in [1.54, 1.807) is 12.1 Å². The molecule has 0 saturated carbocycles. The zero-order valence-electron chi connectivity index (χ0n) is 10.2. The Balaban J connectivity index is 2.21. The SMILES string of the molecule is N#CC(c1ccc(F)c(Cl)c1)N1CCCCCC1. The summed E-state index contributed by atoms with van der Waals surface area (Å²) in [6.07, 6.45) is 4.68. The van der Waals surface area contributed by atoms with E-state index in [1.165, 1.54) is 18.9 Å². The molecular weight excluding hydrogens is 251 g/mol. The first-order chi connectivity index (χ1) is 8.72. The van der Waals surface area contributed by atoms with Crippen LogP contribution >= 0.6 is 11.6 Å². The van der Waals surface area contributed by atoms with E-state index < -0.39 is 5.82 Å². The van der Waals surface area contributed by atoms with Crippen LogP contribution in [0, 0.1) is 17.1 Å². The summed E-state index contributed by atoms with van der Waals surface area (Å²) in [5, 5.41) is 9.44. The minimum Gasteiger partial charge on any atom is -0.284 e. The Morgan fingerprint density at radius 3 is 2.44 bits per heavy atom. The fourth-order valence-corrected chi connectivity index (χ4v) is 2.59. The molecule has 0 radical (unpaired) electrons. The van der Waals surface area contributed by atoms with E-state index in [4.69, 9.17) is 11.6 Å². The zero-order valence-corrected chi connectivity index (χ0v) is 11.0. The van der Waals surface area contributed by atoms with Gasteiger partial charge in [0.05, 0.1) is 11.1 Å². The number of nitrogens with zero attached hydrogens (tertiary/aromatic N) is 2. The second kappa shape index (κ2) is 6.17. The first-order valence-corrected chi connectivity index (χ1v) is 6.69. The molecule has 1 atom stereocenters. The van der Waals surface area contributed by atoms with Gasteiger partial charge in [0.1, 0.15) is 11.9 Å². The van der Waals surface area contributed by atoms with Crippen LogP contribution in [0.4, 0.5) is 4.39 Å². The van der Waals surface area contributed by atoms with Gasteiger partial charge in [-0.2, -0.15) is 5.26 Å². The third-order valence-corrected chi connectivity index (χ3v) is 3.68. The molecule has 1 saturated heterocycles. The van der Waals surface area contributed by atoms with Gasteiger partial charge in [-0.05, 0) is 43.6 Å². The monoisotopic (exact) mass is 266 g/mol. The van der Waals surface area contributed by atoms with Crippen molar-refractivity contribution in [3.8, 4) is 6.07 Å². The maximum atomic E-state index is 13.1. The van der Waals surface area contributed by atoms with Crippen molar-refractivity contribution in [2.24, 2.45) is 0 Å². The fourth-order valence-electron chi connectivity index (χ4n) is 2.40. The highest BCUT2D eigenvalue weighted by atomic mass is 35.5. The number of halogens is 2. The molecule has 1 heterocycles. The van der Waals surface area contributed by atoms with Crippen LogP contribution in [0.25, 0.3) is 0 Å².